The normalized spacial score (nSPS) is 10.4. The van der Waals surface area contributed by atoms with Crippen LogP contribution in [0.5, 0.6) is 5.88 Å². The maximum absolute atomic E-state index is 5.02. The van der Waals surface area contributed by atoms with Crippen molar-refractivity contribution in [2.24, 2.45) is 0 Å². The summed E-state index contributed by atoms with van der Waals surface area (Å²) in [5.41, 5.74) is 1.97. The summed E-state index contributed by atoms with van der Waals surface area (Å²) in [5.74, 6) is 1.22. The van der Waals surface area contributed by atoms with Crippen LogP contribution in [0.1, 0.15) is 5.56 Å². The zero-order chi connectivity index (χ0) is 13.8. The van der Waals surface area contributed by atoms with E-state index in [9.17, 15) is 0 Å². The van der Waals surface area contributed by atoms with E-state index in [1.165, 1.54) is 0 Å². The third-order valence-corrected chi connectivity index (χ3v) is 2.95. The molecule has 0 atom stereocenters. The largest absolute Gasteiger partial charge is 0.481 e. The molecular weight excluding hydrogens is 252 g/mol. The zero-order valence-electron chi connectivity index (χ0n) is 11.1. The van der Waals surface area contributed by atoms with E-state index in [-0.39, 0.29) is 0 Å². The Balaban J connectivity index is 1.72. The Morgan fingerprint density at radius 1 is 1.05 bits per heavy atom. The molecule has 1 aromatic carbocycles. The highest BCUT2D eigenvalue weighted by Crippen LogP contribution is 2.13. The molecule has 100 valence electrons. The van der Waals surface area contributed by atoms with E-state index < -0.39 is 0 Å². The molecule has 2 aromatic heterocycles. The fourth-order valence-corrected chi connectivity index (χ4v) is 1.87. The average Bonchev–Trinajstić information content (AvgIpc) is 2.53. The molecule has 3 aromatic rings. The first-order valence-electron chi connectivity index (χ1n) is 6.30. The van der Waals surface area contributed by atoms with Gasteiger partial charge in [-0.15, -0.1) is 0 Å². The minimum Gasteiger partial charge on any atom is -0.481 e. The third kappa shape index (κ3) is 2.66. The molecule has 0 saturated heterocycles. The molecule has 3 rings (SSSR count). The first-order chi connectivity index (χ1) is 9.85. The van der Waals surface area contributed by atoms with Crippen LogP contribution in [0, 0.1) is 0 Å². The number of methoxy groups -OCH3 is 1. The highest BCUT2D eigenvalue weighted by atomic mass is 16.5. The number of nitrogens with one attached hydrogen (secondary N) is 1. The van der Waals surface area contributed by atoms with Crippen molar-refractivity contribution < 1.29 is 4.74 Å². The van der Waals surface area contributed by atoms with Crippen molar-refractivity contribution in [3.63, 3.8) is 0 Å². The molecule has 0 aliphatic heterocycles. The number of aromatic nitrogens is 3. The van der Waals surface area contributed by atoms with Gasteiger partial charge in [-0.25, -0.2) is 15.0 Å². The van der Waals surface area contributed by atoms with Crippen molar-refractivity contribution in [2.45, 2.75) is 6.54 Å². The second-order valence-electron chi connectivity index (χ2n) is 4.31. The number of fused-ring (bicyclic) bond motifs is 1. The first-order valence-corrected chi connectivity index (χ1v) is 6.30. The van der Waals surface area contributed by atoms with Crippen molar-refractivity contribution in [3.05, 3.63) is 54.4 Å². The van der Waals surface area contributed by atoms with Gasteiger partial charge in [0.05, 0.1) is 12.6 Å². The van der Waals surface area contributed by atoms with Gasteiger partial charge in [-0.2, -0.15) is 0 Å². The van der Waals surface area contributed by atoms with Crippen LogP contribution in [0.25, 0.3) is 10.9 Å². The van der Waals surface area contributed by atoms with Crippen molar-refractivity contribution >= 4 is 16.9 Å². The Morgan fingerprint density at radius 2 is 1.95 bits per heavy atom. The Bertz CT molecular complexity index is 712. The smallest absolute Gasteiger partial charge is 0.223 e. The highest BCUT2D eigenvalue weighted by molar-refractivity contribution is 5.78. The van der Waals surface area contributed by atoms with Crippen LogP contribution < -0.4 is 10.1 Å². The summed E-state index contributed by atoms with van der Waals surface area (Å²) in [7, 11) is 1.60. The molecular formula is C15H14N4O. The second kappa shape index (κ2) is 5.52. The van der Waals surface area contributed by atoms with Crippen LogP contribution in [-0.2, 0) is 6.54 Å². The van der Waals surface area contributed by atoms with E-state index in [1.54, 1.807) is 13.3 Å². The monoisotopic (exact) mass is 266 g/mol. The minimum atomic E-state index is 0.607. The molecule has 0 aliphatic rings. The lowest BCUT2D eigenvalue weighted by molar-refractivity contribution is 0.397. The van der Waals surface area contributed by atoms with Gasteiger partial charge >= 0.3 is 0 Å². The van der Waals surface area contributed by atoms with E-state index in [4.69, 9.17) is 4.74 Å². The first kappa shape index (κ1) is 12.3. The third-order valence-electron chi connectivity index (χ3n) is 2.95. The summed E-state index contributed by atoms with van der Waals surface area (Å²) in [6.07, 6.45) is 3.59. The predicted octanol–water partition coefficient (Wildman–Crippen LogP) is 2.65. The maximum Gasteiger partial charge on any atom is 0.223 e. The molecule has 0 unspecified atom stereocenters. The molecule has 5 nitrogen and oxygen atoms in total. The molecule has 0 saturated carbocycles. The van der Waals surface area contributed by atoms with E-state index in [0.29, 0.717) is 18.4 Å². The topological polar surface area (TPSA) is 59.9 Å². The summed E-state index contributed by atoms with van der Waals surface area (Å²) in [4.78, 5) is 12.9. The van der Waals surface area contributed by atoms with Crippen LogP contribution in [0.3, 0.4) is 0 Å². The lowest BCUT2D eigenvalue weighted by Gasteiger charge is -2.06. The van der Waals surface area contributed by atoms with Gasteiger partial charge < -0.3 is 10.1 Å². The molecule has 0 amide bonds. The van der Waals surface area contributed by atoms with Gasteiger partial charge in [0.1, 0.15) is 0 Å². The van der Waals surface area contributed by atoms with E-state index in [0.717, 1.165) is 16.5 Å². The summed E-state index contributed by atoms with van der Waals surface area (Å²) in [6, 6.07) is 11.7. The Hall–Kier alpha value is -2.69. The number of para-hydroxylation sites is 1. The van der Waals surface area contributed by atoms with E-state index in [2.05, 4.69) is 20.3 Å². The molecule has 20 heavy (non-hydrogen) atoms. The van der Waals surface area contributed by atoms with Crippen LogP contribution in [-0.4, -0.2) is 22.1 Å². The second-order valence-corrected chi connectivity index (χ2v) is 4.31. The average molecular weight is 266 g/mol. The molecule has 0 radical (unpaired) electrons. The van der Waals surface area contributed by atoms with Gasteiger partial charge in [0.25, 0.3) is 0 Å². The lowest BCUT2D eigenvalue weighted by atomic mass is 10.2. The summed E-state index contributed by atoms with van der Waals surface area (Å²) < 4.78 is 5.02. The molecule has 1 N–H and O–H groups in total. The van der Waals surface area contributed by atoms with Crippen molar-refractivity contribution in [1.82, 2.24) is 15.0 Å². The maximum atomic E-state index is 5.02. The number of benzene rings is 1. The minimum absolute atomic E-state index is 0.607. The van der Waals surface area contributed by atoms with Gasteiger partial charge in [0.15, 0.2) is 0 Å². The van der Waals surface area contributed by atoms with Crippen LogP contribution in [0.2, 0.25) is 0 Å². The molecule has 0 spiro atoms. The van der Waals surface area contributed by atoms with Gasteiger partial charge in [-0.05, 0) is 11.6 Å². The Labute approximate surface area is 116 Å². The SMILES string of the molecule is COc1ccc(CNc2ncc3ccccc3n2)cn1. The fourth-order valence-electron chi connectivity index (χ4n) is 1.87. The molecule has 0 bridgehead atoms. The number of rotatable bonds is 4. The molecule has 0 aliphatic carbocycles. The predicted molar refractivity (Wildman–Crippen MR) is 77.7 cm³/mol. The molecule has 0 fully saturated rings. The van der Waals surface area contributed by atoms with E-state index >= 15 is 0 Å². The number of hydrogen-bond donors (Lipinski definition) is 1. The van der Waals surface area contributed by atoms with Crippen molar-refractivity contribution in [3.8, 4) is 5.88 Å². The van der Waals surface area contributed by atoms with Gasteiger partial charge in [0.2, 0.25) is 11.8 Å². The van der Waals surface area contributed by atoms with Gasteiger partial charge in [-0.3, -0.25) is 0 Å². The number of ether oxygens (including phenoxy) is 1. The molecule has 5 heteroatoms. The van der Waals surface area contributed by atoms with Crippen LogP contribution >= 0.6 is 0 Å². The number of anilines is 1. The summed E-state index contributed by atoms with van der Waals surface area (Å²) in [5, 5.41) is 4.22. The molecule has 2 heterocycles. The quantitative estimate of drug-likeness (QED) is 0.786. The van der Waals surface area contributed by atoms with Crippen molar-refractivity contribution in [2.75, 3.05) is 12.4 Å². The summed E-state index contributed by atoms with van der Waals surface area (Å²) >= 11 is 0. The number of pyridine rings is 1. The fraction of sp³-hybridized carbons (Fsp3) is 0.133. The zero-order valence-corrected chi connectivity index (χ0v) is 11.1. The summed E-state index contributed by atoms with van der Waals surface area (Å²) in [6.45, 7) is 0.620. The number of nitrogens with zero attached hydrogens (tertiary/aromatic N) is 3. The lowest BCUT2D eigenvalue weighted by Crippen LogP contribution is -2.04. The Kier molecular flexibility index (Phi) is 3.41. The van der Waals surface area contributed by atoms with Gasteiger partial charge in [-0.1, -0.05) is 24.3 Å². The van der Waals surface area contributed by atoms with Crippen molar-refractivity contribution in [1.29, 1.82) is 0 Å². The van der Waals surface area contributed by atoms with Crippen LogP contribution in [0.15, 0.2) is 48.8 Å². The standard InChI is InChI=1S/C15H14N4O/c1-20-14-7-6-11(8-16-14)9-17-15-18-10-12-4-2-3-5-13(12)19-15/h2-8,10H,9H2,1H3,(H,17,18,19). The Morgan fingerprint density at radius 3 is 2.75 bits per heavy atom. The number of hydrogen-bond acceptors (Lipinski definition) is 5. The van der Waals surface area contributed by atoms with E-state index in [1.807, 2.05) is 42.6 Å². The van der Waals surface area contributed by atoms with Crippen LogP contribution in [0.4, 0.5) is 5.95 Å². The van der Waals surface area contributed by atoms with Gasteiger partial charge in [0, 0.05) is 30.4 Å². The highest BCUT2D eigenvalue weighted by Gasteiger charge is 2.00.